The molecule has 2 rings (SSSR count). The fourth-order valence-electron chi connectivity index (χ4n) is 1.33. The van der Waals surface area contributed by atoms with E-state index in [0.717, 1.165) is 18.8 Å². The summed E-state index contributed by atoms with van der Waals surface area (Å²) in [5, 5.41) is 0.699. The van der Waals surface area contributed by atoms with E-state index in [0.29, 0.717) is 11.1 Å². The topological polar surface area (TPSA) is 42.1 Å². The van der Waals surface area contributed by atoms with Crippen LogP contribution in [0.1, 0.15) is 0 Å². The van der Waals surface area contributed by atoms with Gasteiger partial charge in [0.25, 0.3) is 0 Å². The van der Waals surface area contributed by atoms with E-state index in [9.17, 15) is 0 Å². The van der Waals surface area contributed by atoms with Gasteiger partial charge in [-0.3, -0.25) is 4.98 Å². The quantitative estimate of drug-likeness (QED) is 0.703. The van der Waals surface area contributed by atoms with E-state index in [1.54, 1.807) is 12.4 Å². The maximum atomic E-state index is 5.93. The van der Waals surface area contributed by atoms with Crippen LogP contribution in [0, 0.1) is 0 Å². The monoisotopic (exact) mass is 183 g/mol. The first-order valence-electron chi connectivity index (χ1n) is 3.87. The van der Waals surface area contributed by atoms with Crippen LogP contribution in [-0.2, 0) is 0 Å². The van der Waals surface area contributed by atoms with Gasteiger partial charge in [-0.15, -0.1) is 0 Å². The fourth-order valence-corrected chi connectivity index (χ4v) is 1.57. The van der Waals surface area contributed by atoms with Crippen molar-refractivity contribution in [2.24, 2.45) is 5.73 Å². The molecule has 0 bridgehead atoms. The smallest absolute Gasteiger partial charge is 0.0822 e. The molecular formula is C8H10ClN3. The molecule has 1 fully saturated rings. The van der Waals surface area contributed by atoms with E-state index in [-0.39, 0.29) is 0 Å². The highest BCUT2D eigenvalue weighted by molar-refractivity contribution is 6.33. The van der Waals surface area contributed by atoms with Crippen molar-refractivity contribution in [1.82, 2.24) is 4.98 Å². The number of nitrogens with two attached hydrogens (primary N) is 1. The lowest BCUT2D eigenvalue weighted by Gasteiger charge is -2.39. The standard InChI is InChI=1S/C8H10ClN3/c9-7-3-11-2-1-8(7)12-4-6(10)5-12/h1-3,6H,4-5,10H2. The number of rotatable bonds is 1. The van der Waals surface area contributed by atoms with Gasteiger partial charge in [-0.1, -0.05) is 11.6 Å². The maximum Gasteiger partial charge on any atom is 0.0822 e. The molecule has 3 nitrogen and oxygen atoms in total. The van der Waals surface area contributed by atoms with Gasteiger partial charge in [0.2, 0.25) is 0 Å². The molecule has 0 spiro atoms. The van der Waals surface area contributed by atoms with Gasteiger partial charge in [-0.2, -0.15) is 0 Å². The molecule has 4 heteroatoms. The molecule has 0 aromatic carbocycles. The Bertz CT molecular complexity index is 283. The zero-order chi connectivity index (χ0) is 8.55. The summed E-state index contributed by atoms with van der Waals surface area (Å²) >= 11 is 5.93. The van der Waals surface area contributed by atoms with Crippen LogP contribution in [0.25, 0.3) is 0 Å². The largest absolute Gasteiger partial charge is 0.367 e. The molecular weight excluding hydrogens is 174 g/mol. The van der Waals surface area contributed by atoms with Crippen LogP contribution in [-0.4, -0.2) is 24.1 Å². The first-order valence-corrected chi connectivity index (χ1v) is 4.25. The zero-order valence-electron chi connectivity index (χ0n) is 6.57. The molecule has 1 aromatic heterocycles. The van der Waals surface area contributed by atoms with Crippen LogP contribution >= 0.6 is 11.6 Å². The van der Waals surface area contributed by atoms with Gasteiger partial charge in [-0.05, 0) is 6.07 Å². The second-order valence-electron chi connectivity index (χ2n) is 2.99. The highest BCUT2D eigenvalue weighted by Gasteiger charge is 2.24. The summed E-state index contributed by atoms with van der Waals surface area (Å²) in [6.45, 7) is 1.79. The SMILES string of the molecule is NC1CN(c2ccncc2Cl)C1. The van der Waals surface area contributed by atoms with Crippen LogP contribution in [0.2, 0.25) is 5.02 Å². The lowest BCUT2D eigenvalue weighted by atomic mass is 10.1. The summed E-state index contributed by atoms with van der Waals surface area (Å²) in [5.41, 5.74) is 6.69. The summed E-state index contributed by atoms with van der Waals surface area (Å²) in [7, 11) is 0. The zero-order valence-corrected chi connectivity index (χ0v) is 7.33. The fraction of sp³-hybridized carbons (Fsp3) is 0.375. The predicted molar refractivity (Wildman–Crippen MR) is 49.4 cm³/mol. The van der Waals surface area contributed by atoms with E-state index in [2.05, 4.69) is 9.88 Å². The first-order chi connectivity index (χ1) is 5.77. The summed E-state index contributed by atoms with van der Waals surface area (Å²) in [6.07, 6.45) is 3.39. The van der Waals surface area contributed by atoms with Crippen molar-refractivity contribution < 1.29 is 0 Å². The second-order valence-corrected chi connectivity index (χ2v) is 3.40. The Balaban J connectivity index is 2.18. The van der Waals surface area contributed by atoms with Crippen LogP contribution < -0.4 is 10.6 Å². The number of hydrogen-bond acceptors (Lipinski definition) is 3. The Kier molecular flexibility index (Phi) is 1.90. The Morgan fingerprint density at radius 1 is 1.58 bits per heavy atom. The number of anilines is 1. The summed E-state index contributed by atoms with van der Waals surface area (Å²) < 4.78 is 0. The molecule has 0 atom stereocenters. The molecule has 0 radical (unpaired) electrons. The van der Waals surface area contributed by atoms with Crippen molar-refractivity contribution in [3.05, 3.63) is 23.5 Å². The molecule has 0 unspecified atom stereocenters. The molecule has 0 saturated carbocycles. The predicted octanol–water partition coefficient (Wildman–Crippen LogP) is 0.882. The van der Waals surface area contributed by atoms with Crippen LogP contribution in [0.5, 0.6) is 0 Å². The Morgan fingerprint density at radius 3 is 2.92 bits per heavy atom. The van der Waals surface area contributed by atoms with E-state index >= 15 is 0 Å². The Hall–Kier alpha value is -0.800. The van der Waals surface area contributed by atoms with Crippen molar-refractivity contribution in [3.8, 4) is 0 Å². The van der Waals surface area contributed by atoms with E-state index in [1.807, 2.05) is 6.07 Å². The average Bonchev–Trinajstić information content (AvgIpc) is 2.01. The van der Waals surface area contributed by atoms with E-state index in [1.165, 1.54) is 0 Å². The van der Waals surface area contributed by atoms with Gasteiger partial charge in [0, 0.05) is 31.5 Å². The highest BCUT2D eigenvalue weighted by Crippen LogP contribution is 2.27. The van der Waals surface area contributed by atoms with Crippen LogP contribution in [0.3, 0.4) is 0 Å². The van der Waals surface area contributed by atoms with Crippen LogP contribution in [0.4, 0.5) is 5.69 Å². The molecule has 12 heavy (non-hydrogen) atoms. The normalized spacial score (nSPS) is 17.7. The number of hydrogen-bond donors (Lipinski definition) is 1. The number of aromatic nitrogens is 1. The van der Waals surface area contributed by atoms with Crippen molar-refractivity contribution in [2.75, 3.05) is 18.0 Å². The number of halogens is 1. The molecule has 2 heterocycles. The minimum Gasteiger partial charge on any atom is -0.367 e. The molecule has 2 N–H and O–H groups in total. The van der Waals surface area contributed by atoms with Crippen LogP contribution in [0.15, 0.2) is 18.5 Å². The van der Waals surface area contributed by atoms with Gasteiger partial charge in [-0.25, -0.2) is 0 Å². The van der Waals surface area contributed by atoms with Crippen molar-refractivity contribution in [3.63, 3.8) is 0 Å². The third-order valence-electron chi connectivity index (χ3n) is 2.00. The number of nitrogens with zero attached hydrogens (tertiary/aromatic N) is 2. The van der Waals surface area contributed by atoms with Gasteiger partial charge < -0.3 is 10.6 Å². The van der Waals surface area contributed by atoms with Crippen molar-refractivity contribution >= 4 is 17.3 Å². The molecule has 1 aromatic rings. The lowest BCUT2D eigenvalue weighted by molar-refractivity contribution is 0.519. The van der Waals surface area contributed by atoms with Gasteiger partial charge >= 0.3 is 0 Å². The number of pyridine rings is 1. The Morgan fingerprint density at radius 2 is 2.33 bits per heavy atom. The summed E-state index contributed by atoms with van der Waals surface area (Å²) in [6, 6.07) is 2.21. The third-order valence-corrected chi connectivity index (χ3v) is 2.29. The molecule has 64 valence electrons. The summed E-state index contributed by atoms with van der Waals surface area (Å²) in [4.78, 5) is 6.06. The Labute approximate surface area is 76.1 Å². The molecule has 0 amide bonds. The minimum absolute atomic E-state index is 0.300. The third kappa shape index (κ3) is 1.26. The van der Waals surface area contributed by atoms with Crippen molar-refractivity contribution in [1.29, 1.82) is 0 Å². The molecule has 0 aliphatic carbocycles. The van der Waals surface area contributed by atoms with Gasteiger partial charge in [0.15, 0.2) is 0 Å². The molecule has 1 saturated heterocycles. The molecule has 1 aliphatic rings. The second kappa shape index (κ2) is 2.92. The summed E-state index contributed by atoms with van der Waals surface area (Å²) in [5.74, 6) is 0. The van der Waals surface area contributed by atoms with Gasteiger partial charge in [0.1, 0.15) is 0 Å². The minimum atomic E-state index is 0.300. The first kappa shape index (κ1) is 7.83. The van der Waals surface area contributed by atoms with E-state index in [4.69, 9.17) is 17.3 Å². The highest BCUT2D eigenvalue weighted by atomic mass is 35.5. The lowest BCUT2D eigenvalue weighted by Crippen LogP contribution is -2.55. The van der Waals surface area contributed by atoms with Gasteiger partial charge in [0.05, 0.1) is 10.7 Å². The molecule has 1 aliphatic heterocycles. The maximum absolute atomic E-state index is 5.93. The van der Waals surface area contributed by atoms with E-state index < -0.39 is 0 Å². The average molecular weight is 184 g/mol. The van der Waals surface area contributed by atoms with Crippen molar-refractivity contribution in [2.45, 2.75) is 6.04 Å².